The first-order valence-electron chi connectivity index (χ1n) is 6.11. The van der Waals surface area contributed by atoms with Crippen molar-refractivity contribution in [2.45, 2.75) is 24.3 Å². The number of nitrogens with two attached hydrogens (primary N) is 1. The first kappa shape index (κ1) is 15.1. The number of amides is 3. The Kier molecular flexibility index (Phi) is 4.63. The van der Waals surface area contributed by atoms with Gasteiger partial charge in [-0.1, -0.05) is 25.6 Å². The smallest absolute Gasteiger partial charge is 0.318 e. The highest BCUT2D eigenvalue weighted by Gasteiger charge is 2.27. The van der Waals surface area contributed by atoms with Crippen LogP contribution in [0.25, 0.3) is 11.7 Å². The molecule has 1 atom stereocenters. The lowest BCUT2D eigenvalue weighted by molar-refractivity contribution is -0.120. The number of urea groups is 1. The molecular weight excluding hydrogens is 296 g/mol. The SMILES string of the molecule is CC(C)[C@H](Sc1nnc(-c2ccco2)o1)C(=O)NC(N)=O. The highest BCUT2D eigenvalue weighted by Crippen LogP contribution is 2.29. The Labute approximate surface area is 124 Å². The average molecular weight is 310 g/mol. The van der Waals surface area contributed by atoms with Gasteiger partial charge in [-0.3, -0.25) is 10.1 Å². The fraction of sp³-hybridized carbons (Fsp3) is 0.333. The van der Waals surface area contributed by atoms with Crippen molar-refractivity contribution in [1.82, 2.24) is 15.5 Å². The lowest BCUT2D eigenvalue weighted by Gasteiger charge is -2.16. The van der Waals surface area contributed by atoms with Gasteiger partial charge in [-0.15, -0.1) is 10.2 Å². The Morgan fingerprint density at radius 2 is 2.14 bits per heavy atom. The van der Waals surface area contributed by atoms with Crippen LogP contribution in [0.4, 0.5) is 4.79 Å². The molecule has 0 spiro atoms. The zero-order valence-corrected chi connectivity index (χ0v) is 12.2. The summed E-state index contributed by atoms with van der Waals surface area (Å²) >= 11 is 1.06. The van der Waals surface area contributed by atoms with Crippen LogP contribution >= 0.6 is 11.8 Å². The summed E-state index contributed by atoms with van der Waals surface area (Å²) in [4.78, 5) is 22.7. The molecule has 0 saturated carbocycles. The number of hydrogen-bond acceptors (Lipinski definition) is 7. The molecule has 0 bridgehead atoms. The van der Waals surface area contributed by atoms with Crippen LogP contribution in [0.2, 0.25) is 0 Å². The molecule has 0 saturated heterocycles. The Balaban J connectivity index is 2.10. The third-order valence-electron chi connectivity index (χ3n) is 2.48. The number of nitrogens with one attached hydrogen (secondary N) is 1. The number of aromatic nitrogens is 2. The molecule has 0 aliphatic heterocycles. The summed E-state index contributed by atoms with van der Waals surface area (Å²) in [6.07, 6.45) is 1.49. The molecule has 0 unspecified atom stereocenters. The van der Waals surface area contributed by atoms with Gasteiger partial charge in [0.1, 0.15) is 0 Å². The third-order valence-corrected chi connectivity index (χ3v) is 3.86. The Bertz CT molecular complexity index is 623. The maximum Gasteiger partial charge on any atom is 0.318 e. The van der Waals surface area contributed by atoms with Gasteiger partial charge in [0.2, 0.25) is 5.91 Å². The van der Waals surface area contributed by atoms with Crippen LogP contribution in [0.5, 0.6) is 0 Å². The minimum atomic E-state index is -0.895. The summed E-state index contributed by atoms with van der Waals surface area (Å²) in [5, 5.41) is 9.36. The molecule has 9 heteroatoms. The predicted molar refractivity (Wildman–Crippen MR) is 74.2 cm³/mol. The fourth-order valence-corrected chi connectivity index (χ4v) is 2.42. The van der Waals surface area contributed by atoms with E-state index in [1.165, 1.54) is 6.26 Å². The number of primary amides is 1. The van der Waals surface area contributed by atoms with E-state index in [-0.39, 0.29) is 17.0 Å². The van der Waals surface area contributed by atoms with Crippen molar-refractivity contribution < 1.29 is 18.4 Å². The van der Waals surface area contributed by atoms with Crippen LogP contribution in [0.15, 0.2) is 32.5 Å². The minimum Gasteiger partial charge on any atom is -0.459 e. The maximum absolute atomic E-state index is 11.9. The molecule has 0 aromatic carbocycles. The molecule has 0 aliphatic rings. The van der Waals surface area contributed by atoms with Crippen LogP contribution in [0.1, 0.15) is 13.8 Å². The van der Waals surface area contributed by atoms with Gasteiger partial charge in [0.15, 0.2) is 5.76 Å². The number of rotatable bonds is 5. The molecule has 3 amide bonds. The van der Waals surface area contributed by atoms with Crippen molar-refractivity contribution in [2.24, 2.45) is 11.7 Å². The zero-order valence-electron chi connectivity index (χ0n) is 11.4. The van der Waals surface area contributed by atoms with E-state index in [1.54, 1.807) is 12.1 Å². The van der Waals surface area contributed by atoms with Gasteiger partial charge in [0.25, 0.3) is 11.1 Å². The normalized spacial score (nSPS) is 12.3. The van der Waals surface area contributed by atoms with Crippen LogP contribution in [-0.4, -0.2) is 27.4 Å². The largest absolute Gasteiger partial charge is 0.459 e. The van der Waals surface area contributed by atoms with E-state index < -0.39 is 17.2 Å². The second-order valence-electron chi connectivity index (χ2n) is 4.49. The van der Waals surface area contributed by atoms with Crippen molar-refractivity contribution in [1.29, 1.82) is 0 Å². The third kappa shape index (κ3) is 3.85. The van der Waals surface area contributed by atoms with Gasteiger partial charge in [-0.05, 0) is 18.1 Å². The van der Waals surface area contributed by atoms with E-state index in [4.69, 9.17) is 14.6 Å². The van der Waals surface area contributed by atoms with Crippen LogP contribution in [-0.2, 0) is 4.79 Å². The Hall–Kier alpha value is -2.29. The predicted octanol–water partition coefficient (Wildman–Crippen LogP) is 1.64. The molecule has 2 aromatic rings. The Morgan fingerprint density at radius 3 is 2.71 bits per heavy atom. The summed E-state index contributed by atoms with van der Waals surface area (Å²) in [7, 11) is 0. The number of hydrogen-bond donors (Lipinski definition) is 2. The van der Waals surface area contributed by atoms with E-state index in [2.05, 4.69) is 10.2 Å². The van der Waals surface area contributed by atoms with Crippen LogP contribution in [0, 0.1) is 5.92 Å². The van der Waals surface area contributed by atoms with Crippen molar-refractivity contribution in [2.75, 3.05) is 0 Å². The van der Waals surface area contributed by atoms with Crippen molar-refractivity contribution in [3.05, 3.63) is 18.4 Å². The van der Waals surface area contributed by atoms with E-state index in [0.29, 0.717) is 5.76 Å². The summed E-state index contributed by atoms with van der Waals surface area (Å²) in [6.45, 7) is 3.67. The van der Waals surface area contributed by atoms with E-state index in [0.717, 1.165) is 11.8 Å². The zero-order chi connectivity index (χ0) is 15.4. The Morgan fingerprint density at radius 1 is 1.38 bits per heavy atom. The van der Waals surface area contributed by atoms with Gasteiger partial charge in [-0.2, -0.15) is 0 Å². The van der Waals surface area contributed by atoms with Crippen molar-refractivity contribution in [3.63, 3.8) is 0 Å². The fourth-order valence-electron chi connectivity index (χ4n) is 1.55. The second-order valence-corrected chi connectivity index (χ2v) is 5.58. The summed E-state index contributed by atoms with van der Waals surface area (Å²) in [6, 6.07) is 2.48. The van der Waals surface area contributed by atoms with E-state index in [9.17, 15) is 9.59 Å². The number of carbonyl (C=O) groups is 2. The van der Waals surface area contributed by atoms with Gasteiger partial charge in [-0.25, -0.2) is 4.79 Å². The minimum absolute atomic E-state index is 0.0617. The molecule has 8 nitrogen and oxygen atoms in total. The molecular formula is C12H14N4O4S. The number of carbonyl (C=O) groups excluding carboxylic acids is 2. The number of nitrogens with zero attached hydrogens (tertiary/aromatic N) is 2. The van der Waals surface area contributed by atoms with E-state index >= 15 is 0 Å². The summed E-state index contributed by atoms with van der Waals surface area (Å²) in [5.74, 6) is 0.103. The topological polar surface area (TPSA) is 124 Å². The van der Waals surface area contributed by atoms with Crippen LogP contribution < -0.4 is 11.1 Å². The number of furan rings is 1. The highest BCUT2D eigenvalue weighted by atomic mass is 32.2. The van der Waals surface area contributed by atoms with E-state index in [1.807, 2.05) is 19.2 Å². The summed E-state index contributed by atoms with van der Waals surface area (Å²) < 4.78 is 10.6. The standard InChI is InChI=1S/C12H14N4O4S/c1-6(2)8(9(17)14-11(13)18)21-12-16-15-10(20-12)7-4-3-5-19-7/h3-6,8H,1-2H3,(H3,13,14,17,18)/t8-/m0/s1. The lowest BCUT2D eigenvalue weighted by Crippen LogP contribution is -2.42. The second kappa shape index (κ2) is 6.44. The molecule has 0 fully saturated rings. The van der Waals surface area contributed by atoms with Gasteiger partial charge in [0.05, 0.1) is 11.5 Å². The van der Waals surface area contributed by atoms with Crippen molar-refractivity contribution >= 4 is 23.7 Å². The van der Waals surface area contributed by atoms with Gasteiger partial charge >= 0.3 is 6.03 Å². The maximum atomic E-state index is 11.9. The summed E-state index contributed by atoms with van der Waals surface area (Å²) in [5.41, 5.74) is 4.95. The van der Waals surface area contributed by atoms with Crippen molar-refractivity contribution in [3.8, 4) is 11.7 Å². The van der Waals surface area contributed by atoms with Gasteiger partial charge < -0.3 is 14.6 Å². The molecule has 0 aliphatic carbocycles. The van der Waals surface area contributed by atoms with Gasteiger partial charge in [0, 0.05) is 0 Å². The van der Waals surface area contributed by atoms with Crippen LogP contribution in [0.3, 0.4) is 0 Å². The molecule has 3 N–H and O–H groups in total. The molecule has 112 valence electrons. The quantitative estimate of drug-likeness (QED) is 0.804. The average Bonchev–Trinajstić information content (AvgIpc) is 3.05. The number of imide groups is 1. The molecule has 2 rings (SSSR count). The molecule has 2 aromatic heterocycles. The molecule has 0 radical (unpaired) electrons. The first-order valence-corrected chi connectivity index (χ1v) is 6.99. The lowest BCUT2D eigenvalue weighted by atomic mass is 10.1. The highest BCUT2D eigenvalue weighted by molar-refractivity contribution is 8.00. The first-order chi connectivity index (χ1) is 9.97. The molecule has 21 heavy (non-hydrogen) atoms. The molecule has 2 heterocycles. The monoisotopic (exact) mass is 310 g/mol. The number of thioether (sulfide) groups is 1.